The average molecular weight is 276 g/mol. The van der Waals surface area contributed by atoms with E-state index < -0.39 is 0 Å². The van der Waals surface area contributed by atoms with Crippen molar-refractivity contribution in [2.75, 3.05) is 6.54 Å². The van der Waals surface area contributed by atoms with E-state index in [-0.39, 0.29) is 5.54 Å². The topological polar surface area (TPSA) is 17.0 Å². The number of aromatic nitrogens is 1. The molecule has 0 amide bonds. The molecule has 5 rings (SSSR count). The molecule has 21 heavy (non-hydrogen) atoms. The minimum Gasteiger partial charge on any atom is -0.334 e. The second-order valence-electron chi connectivity index (χ2n) is 6.67. The molecule has 0 saturated heterocycles. The first-order chi connectivity index (χ1) is 10.4. The smallest absolute Gasteiger partial charge is 0.0673 e. The maximum Gasteiger partial charge on any atom is 0.0673 e. The van der Waals surface area contributed by atoms with Gasteiger partial charge in [0.2, 0.25) is 0 Å². The molecule has 1 aromatic heterocycles. The van der Waals surface area contributed by atoms with E-state index in [1.54, 1.807) is 11.3 Å². The normalized spacial score (nSPS) is 27.0. The van der Waals surface area contributed by atoms with Gasteiger partial charge in [-0.15, -0.1) is 0 Å². The molecule has 1 atom stereocenters. The quantitative estimate of drug-likeness (QED) is 0.841. The Morgan fingerprint density at radius 2 is 2.10 bits per heavy atom. The van der Waals surface area contributed by atoms with E-state index in [0.717, 1.165) is 19.5 Å². The Labute approximate surface area is 125 Å². The molecule has 1 aromatic carbocycles. The summed E-state index contributed by atoms with van der Waals surface area (Å²) in [7, 11) is 0. The van der Waals surface area contributed by atoms with Crippen molar-refractivity contribution >= 4 is 10.9 Å². The van der Waals surface area contributed by atoms with Gasteiger partial charge in [-0.25, -0.2) is 0 Å². The molecule has 2 nitrogen and oxygen atoms in total. The van der Waals surface area contributed by atoms with Crippen molar-refractivity contribution in [2.24, 2.45) is 0 Å². The number of hydrogen-bond donors (Lipinski definition) is 1. The van der Waals surface area contributed by atoms with Gasteiger partial charge in [-0.2, -0.15) is 0 Å². The molecular weight excluding hydrogens is 256 g/mol. The predicted molar refractivity (Wildman–Crippen MR) is 86.4 cm³/mol. The van der Waals surface area contributed by atoms with Crippen molar-refractivity contribution in [1.82, 2.24) is 9.88 Å². The number of hydrogen-bond acceptors (Lipinski definition) is 1. The SMILES string of the molecule is C1=CC2(n3c4c(c5ccccc53)CNCC4)CCC(=C1)C2. The third-order valence-corrected chi connectivity index (χ3v) is 5.52. The Morgan fingerprint density at radius 3 is 3.10 bits per heavy atom. The maximum atomic E-state index is 3.55. The first-order valence-electron chi connectivity index (χ1n) is 8.07. The molecule has 1 aliphatic heterocycles. The van der Waals surface area contributed by atoms with Crippen molar-refractivity contribution in [2.45, 2.75) is 37.8 Å². The minimum atomic E-state index is 0.203. The molecule has 2 heterocycles. The first-order valence-corrected chi connectivity index (χ1v) is 8.07. The molecule has 0 spiro atoms. The third kappa shape index (κ3) is 1.51. The lowest BCUT2D eigenvalue weighted by atomic mass is 9.92. The van der Waals surface area contributed by atoms with Crippen LogP contribution in [-0.2, 0) is 18.5 Å². The van der Waals surface area contributed by atoms with Crippen LogP contribution in [0.2, 0.25) is 0 Å². The monoisotopic (exact) mass is 276 g/mol. The molecular formula is C19H20N2. The zero-order valence-corrected chi connectivity index (χ0v) is 12.2. The van der Waals surface area contributed by atoms with Crippen LogP contribution >= 0.6 is 0 Å². The highest BCUT2D eigenvalue weighted by atomic mass is 15.1. The van der Waals surface area contributed by atoms with E-state index in [0.29, 0.717) is 0 Å². The van der Waals surface area contributed by atoms with Crippen molar-refractivity contribution in [3.63, 3.8) is 0 Å². The van der Waals surface area contributed by atoms with Crippen LogP contribution < -0.4 is 5.32 Å². The maximum absolute atomic E-state index is 3.55. The molecule has 1 saturated carbocycles. The lowest BCUT2D eigenvalue weighted by Gasteiger charge is -2.33. The summed E-state index contributed by atoms with van der Waals surface area (Å²) in [6, 6.07) is 8.97. The van der Waals surface area contributed by atoms with E-state index >= 15 is 0 Å². The largest absolute Gasteiger partial charge is 0.334 e. The first kappa shape index (κ1) is 11.8. The molecule has 106 valence electrons. The second kappa shape index (κ2) is 4.11. The van der Waals surface area contributed by atoms with E-state index in [4.69, 9.17) is 0 Å². The van der Waals surface area contributed by atoms with Crippen molar-refractivity contribution in [1.29, 1.82) is 0 Å². The Balaban J connectivity index is 1.84. The predicted octanol–water partition coefficient (Wildman–Crippen LogP) is 3.66. The van der Waals surface area contributed by atoms with Crippen LogP contribution in [0.1, 0.15) is 30.5 Å². The van der Waals surface area contributed by atoms with Gasteiger partial charge < -0.3 is 9.88 Å². The van der Waals surface area contributed by atoms with Crippen LogP contribution in [0, 0.1) is 0 Å². The fraction of sp³-hybridized carbons (Fsp3) is 0.368. The second-order valence-corrected chi connectivity index (χ2v) is 6.67. The fourth-order valence-electron chi connectivity index (χ4n) is 4.61. The van der Waals surface area contributed by atoms with Crippen LogP contribution in [0.15, 0.2) is 48.1 Å². The third-order valence-electron chi connectivity index (χ3n) is 5.52. The average Bonchev–Trinajstić information content (AvgIpc) is 3.03. The summed E-state index contributed by atoms with van der Waals surface area (Å²) in [4.78, 5) is 0. The molecule has 1 fully saturated rings. The highest BCUT2D eigenvalue weighted by Gasteiger charge is 2.40. The van der Waals surface area contributed by atoms with E-state index in [1.807, 2.05) is 0 Å². The number of rotatable bonds is 1. The van der Waals surface area contributed by atoms with Gasteiger partial charge in [0.1, 0.15) is 0 Å². The highest BCUT2D eigenvalue weighted by molar-refractivity contribution is 5.86. The zero-order chi connectivity index (χ0) is 13.9. The number of benzene rings is 1. The van der Waals surface area contributed by atoms with E-state index in [9.17, 15) is 0 Å². The molecule has 2 aliphatic carbocycles. The number of fused-ring (bicyclic) bond motifs is 5. The summed E-state index contributed by atoms with van der Waals surface area (Å²) in [5, 5.41) is 5.00. The molecule has 0 radical (unpaired) electrons. The lowest BCUT2D eigenvalue weighted by Crippen LogP contribution is -2.33. The van der Waals surface area contributed by atoms with Gasteiger partial charge in [0.05, 0.1) is 5.54 Å². The summed E-state index contributed by atoms with van der Waals surface area (Å²) >= 11 is 0. The Hall–Kier alpha value is -1.80. The lowest BCUT2D eigenvalue weighted by molar-refractivity contribution is 0.382. The molecule has 2 heteroatoms. The standard InChI is InChI=1S/C19H20N2/c1-2-6-17-15(5-1)16-13-20-11-8-18(16)21(17)19-9-3-4-14(12-19)7-10-19/h1-6,9,20H,7-8,10-13H2. The Morgan fingerprint density at radius 1 is 1.14 bits per heavy atom. The minimum absolute atomic E-state index is 0.203. The summed E-state index contributed by atoms with van der Waals surface area (Å²) in [5.41, 5.74) is 6.36. The van der Waals surface area contributed by atoms with Crippen LogP contribution in [0.4, 0.5) is 0 Å². The summed E-state index contributed by atoms with van der Waals surface area (Å²) in [6.07, 6.45) is 11.9. The molecule has 3 aliphatic rings. The Kier molecular flexibility index (Phi) is 2.31. The van der Waals surface area contributed by atoms with Crippen molar-refractivity contribution < 1.29 is 0 Å². The fourth-order valence-corrected chi connectivity index (χ4v) is 4.61. The van der Waals surface area contributed by atoms with Gasteiger partial charge in [0.25, 0.3) is 0 Å². The number of para-hydroxylation sites is 1. The zero-order valence-electron chi connectivity index (χ0n) is 12.2. The van der Waals surface area contributed by atoms with Crippen molar-refractivity contribution in [3.05, 3.63) is 59.3 Å². The summed E-state index contributed by atoms with van der Waals surface area (Å²) in [5.74, 6) is 0. The van der Waals surface area contributed by atoms with Crippen LogP contribution in [0.3, 0.4) is 0 Å². The van der Waals surface area contributed by atoms with Crippen LogP contribution in [-0.4, -0.2) is 11.1 Å². The van der Waals surface area contributed by atoms with Crippen LogP contribution in [0.25, 0.3) is 10.9 Å². The molecule has 1 unspecified atom stereocenters. The van der Waals surface area contributed by atoms with Gasteiger partial charge in [0, 0.05) is 36.1 Å². The van der Waals surface area contributed by atoms with E-state index in [1.165, 1.54) is 35.7 Å². The van der Waals surface area contributed by atoms with Gasteiger partial charge in [-0.05, 0) is 30.9 Å². The summed E-state index contributed by atoms with van der Waals surface area (Å²) < 4.78 is 2.69. The summed E-state index contributed by atoms with van der Waals surface area (Å²) in [6.45, 7) is 2.12. The molecule has 2 aromatic rings. The van der Waals surface area contributed by atoms with Gasteiger partial charge in [-0.3, -0.25) is 0 Å². The molecule has 2 bridgehead atoms. The number of allylic oxidation sites excluding steroid dienone is 4. The molecule has 1 N–H and O–H groups in total. The highest BCUT2D eigenvalue weighted by Crippen LogP contribution is 2.47. The van der Waals surface area contributed by atoms with Gasteiger partial charge in [0.15, 0.2) is 0 Å². The number of nitrogens with zero attached hydrogens (tertiary/aromatic N) is 1. The number of nitrogens with one attached hydrogen (secondary N) is 1. The van der Waals surface area contributed by atoms with Crippen molar-refractivity contribution in [3.8, 4) is 0 Å². The van der Waals surface area contributed by atoms with E-state index in [2.05, 4.69) is 52.4 Å². The Bertz CT molecular complexity index is 793. The van der Waals surface area contributed by atoms with Gasteiger partial charge >= 0.3 is 0 Å². The van der Waals surface area contributed by atoms with Crippen LogP contribution in [0.5, 0.6) is 0 Å². The van der Waals surface area contributed by atoms with Gasteiger partial charge in [-0.1, -0.05) is 42.0 Å².